The van der Waals surface area contributed by atoms with Gasteiger partial charge in [0.1, 0.15) is 23.2 Å². The predicted octanol–water partition coefficient (Wildman–Crippen LogP) is 3.13. The number of carbonyl (C=O) groups is 1. The maximum atomic E-state index is 12.8. The van der Waals surface area contributed by atoms with Gasteiger partial charge in [0, 0.05) is 30.5 Å². The van der Waals surface area contributed by atoms with E-state index in [1.165, 1.54) is 6.20 Å². The van der Waals surface area contributed by atoms with Crippen molar-refractivity contribution in [3.63, 3.8) is 0 Å². The first-order chi connectivity index (χ1) is 16.4. The smallest absolute Gasteiger partial charge is 0.254 e. The van der Waals surface area contributed by atoms with Gasteiger partial charge < -0.3 is 11.1 Å². The Balaban J connectivity index is 1.31. The monoisotopic (exact) mass is 450 g/mol. The van der Waals surface area contributed by atoms with Crippen molar-refractivity contribution in [3.05, 3.63) is 88.8 Å². The lowest BCUT2D eigenvalue weighted by atomic mass is 9.96. The third-order valence-electron chi connectivity index (χ3n) is 6.02. The van der Waals surface area contributed by atoms with Crippen LogP contribution in [0.25, 0.3) is 16.4 Å². The van der Waals surface area contributed by atoms with Gasteiger partial charge in [-0.15, -0.1) is 0 Å². The van der Waals surface area contributed by atoms with Crippen molar-refractivity contribution >= 4 is 28.1 Å². The molecule has 1 amide bonds. The van der Waals surface area contributed by atoms with Crippen molar-refractivity contribution in [2.45, 2.75) is 26.9 Å². The minimum Gasteiger partial charge on any atom is -0.383 e. The topological polar surface area (TPSA) is 127 Å². The molecule has 0 fully saturated rings. The Morgan fingerprint density at radius 1 is 1.21 bits per heavy atom. The zero-order valence-corrected chi connectivity index (χ0v) is 18.8. The van der Waals surface area contributed by atoms with Crippen molar-refractivity contribution in [2.75, 3.05) is 5.73 Å². The number of benzene rings is 1. The maximum absolute atomic E-state index is 12.8. The van der Waals surface area contributed by atoms with E-state index in [-0.39, 0.29) is 5.91 Å². The van der Waals surface area contributed by atoms with E-state index in [9.17, 15) is 10.1 Å². The molecule has 0 bridgehead atoms. The van der Waals surface area contributed by atoms with Crippen LogP contribution in [0.5, 0.6) is 0 Å². The third kappa shape index (κ3) is 3.71. The van der Waals surface area contributed by atoms with Crippen LogP contribution in [0.15, 0.2) is 55.1 Å². The summed E-state index contributed by atoms with van der Waals surface area (Å²) in [4.78, 5) is 21.5. The highest BCUT2D eigenvalue weighted by molar-refractivity contribution is 5.95. The number of nitrogens with zero attached hydrogens (tertiary/aromatic N) is 6. The van der Waals surface area contributed by atoms with Gasteiger partial charge in [0.2, 0.25) is 0 Å². The van der Waals surface area contributed by atoms with Crippen molar-refractivity contribution in [2.24, 2.45) is 0 Å². The summed E-state index contributed by atoms with van der Waals surface area (Å²) in [7, 11) is 0. The fourth-order valence-corrected chi connectivity index (χ4v) is 4.23. The average molecular weight is 451 g/mol. The van der Waals surface area contributed by atoms with Crippen molar-refractivity contribution in [1.29, 1.82) is 5.26 Å². The van der Waals surface area contributed by atoms with E-state index in [0.717, 1.165) is 33.2 Å². The Labute approximate surface area is 195 Å². The summed E-state index contributed by atoms with van der Waals surface area (Å²) in [5, 5.41) is 18.5. The molecule has 9 nitrogen and oxygen atoms in total. The van der Waals surface area contributed by atoms with E-state index in [0.29, 0.717) is 35.8 Å². The standard InChI is InChI=1S/C25H22N8O/c1-15-8-21-20(6-7-28-24(21)27)16(2)22(15)11-29-25(34)17-10-30-32(12-17)13-18-14-33-19(9-26)4-3-5-23(33)31-18/h3-8,10,12,14H,11,13H2,1-2H3,(H2,27,28)(H,29,34). The molecular formula is C25H22N8O. The van der Waals surface area contributed by atoms with Gasteiger partial charge in [-0.1, -0.05) is 6.07 Å². The van der Waals surface area contributed by atoms with Crippen LogP contribution in [-0.2, 0) is 13.1 Å². The first-order valence-electron chi connectivity index (χ1n) is 10.8. The number of nitrogen functional groups attached to an aromatic ring is 1. The number of anilines is 1. The van der Waals surface area contributed by atoms with Crippen LogP contribution >= 0.6 is 0 Å². The summed E-state index contributed by atoms with van der Waals surface area (Å²) in [6.45, 7) is 4.81. The van der Waals surface area contributed by atoms with Crippen LogP contribution in [-0.4, -0.2) is 30.1 Å². The zero-order valence-electron chi connectivity index (χ0n) is 18.8. The fourth-order valence-electron chi connectivity index (χ4n) is 4.23. The van der Waals surface area contributed by atoms with E-state index in [1.807, 2.05) is 38.2 Å². The molecule has 4 aromatic heterocycles. The molecule has 0 spiro atoms. The molecule has 0 radical (unpaired) electrons. The molecule has 0 aliphatic rings. The molecule has 9 heteroatoms. The number of fused-ring (bicyclic) bond motifs is 2. The van der Waals surface area contributed by atoms with Gasteiger partial charge in [-0.25, -0.2) is 9.97 Å². The van der Waals surface area contributed by atoms with E-state index in [1.54, 1.807) is 33.6 Å². The third-order valence-corrected chi connectivity index (χ3v) is 6.02. The second-order valence-electron chi connectivity index (χ2n) is 8.18. The lowest BCUT2D eigenvalue weighted by Crippen LogP contribution is -2.23. The van der Waals surface area contributed by atoms with Crippen LogP contribution in [0.3, 0.4) is 0 Å². The predicted molar refractivity (Wildman–Crippen MR) is 128 cm³/mol. The van der Waals surface area contributed by atoms with Crippen LogP contribution in [0.2, 0.25) is 0 Å². The number of amides is 1. The Morgan fingerprint density at radius 2 is 2.06 bits per heavy atom. The van der Waals surface area contributed by atoms with E-state index in [2.05, 4.69) is 26.5 Å². The molecular weight excluding hydrogens is 428 g/mol. The molecule has 5 rings (SSSR count). The zero-order chi connectivity index (χ0) is 23.8. The number of imidazole rings is 1. The summed E-state index contributed by atoms with van der Waals surface area (Å²) < 4.78 is 3.40. The van der Waals surface area contributed by atoms with Crippen LogP contribution in [0.1, 0.15) is 38.4 Å². The van der Waals surface area contributed by atoms with Gasteiger partial charge in [-0.05, 0) is 60.2 Å². The van der Waals surface area contributed by atoms with Crippen LogP contribution < -0.4 is 11.1 Å². The molecule has 5 aromatic rings. The van der Waals surface area contributed by atoms with E-state index >= 15 is 0 Å². The number of pyridine rings is 2. The molecule has 34 heavy (non-hydrogen) atoms. The normalized spacial score (nSPS) is 11.1. The maximum Gasteiger partial charge on any atom is 0.254 e. The Morgan fingerprint density at radius 3 is 2.88 bits per heavy atom. The molecule has 0 aliphatic heterocycles. The van der Waals surface area contributed by atoms with Crippen molar-refractivity contribution in [3.8, 4) is 6.07 Å². The molecule has 0 saturated heterocycles. The second-order valence-corrected chi connectivity index (χ2v) is 8.18. The number of nitriles is 1. The van der Waals surface area contributed by atoms with Gasteiger partial charge in [0.05, 0.1) is 24.0 Å². The molecule has 0 atom stereocenters. The number of aromatic nitrogens is 5. The molecule has 168 valence electrons. The number of nitrogens with two attached hydrogens (primary N) is 1. The number of hydrogen-bond donors (Lipinski definition) is 2. The van der Waals surface area contributed by atoms with Gasteiger partial charge in [-0.2, -0.15) is 10.4 Å². The lowest BCUT2D eigenvalue weighted by Gasteiger charge is -2.14. The highest BCUT2D eigenvalue weighted by Crippen LogP contribution is 2.27. The quantitative estimate of drug-likeness (QED) is 0.424. The van der Waals surface area contributed by atoms with Crippen LogP contribution in [0, 0.1) is 25.2 Å². The van der Waals surface area contributed by atoms with Crippen LogP contribution in [0.4, 0.5) is 5.82 Å². The average Bonchev–Trinajstić information content (AvgIpc) is 3.46. The molecule has 4 heterocycles. The van der Waals surface area contributed by atoms with E-state index in [4.69, 9.17) is 5.73 Å². The second kappa shape index (κ2) is 8.33. The van der Waals surface area contributed by atoms with Crippen molar-refractivity contribution in [1.82, 2.24) is 29.5 Å². The minimum atomic E-state index is -0.207. The summed E-state index contributed by atoms with van der Waals surface area (Å²) in [5.74, 6) is 0.294. The molecule has 0 unspecified atom stereocenters. The molecule has 1 aromatic carbocycles. The SMILES string of the molecule is Cc1cc2c(N)nccc2c(C)c1CNC(=O)c1cnn(Cc2cn3c(C#N)cccc3n2)c1. The first kappa shape index (κ1) is 21.2. The summed E-state index contributed by atoms with van der Waals surface area (Å²) in [6, 6.07) is 11.5. The lowest BCUT2D eigenvalue weighted by molar-refractivity contribution is 0.0950. The number of rotatable bonds is 5. The summed E-state index contributed by atoms with van der Waals surface area (Å²) >= 11 is 0. The first-order valence-corrected chi connectivity index (χ1v) is 10.8. The summed E-state index contributed by atoms with van der Waals surface area (Å²) in [5.41, 5.74) is 11.6. The fraction of sp³-hybridized carbons (Fsp3) is 0.160. The number of nitrogens with one attached hydrogen (secondary N) is 1. The molecule has 3 N–H and O–H groups in total. The van der Waals surface area contributed by atoms with Gasteiger partial charge in [0.25, 0.3) is 5.91 Å². The van der Waals surface area contributed by atoms with E-state index < -0.39 is 0 Å². The number of aryl methyl sites for hydroxylation is 2. The Bertz CT molecular complexity index is 1610. The Kier molecular flexibility index (Phi) is 5.18. The largest absolute Gasteiger partial charge is 0.383 e. The van der Waals surface area contributed by atoms with Crippen molar-refractivity contribution < 1.29 is 4.79 Å². The number of hydrogen-bond acceptors (Lipinski definition) is 6. The van der Waals surface area contributed by atoms with Gasteiger partial charge in [0.15, 0.2) is 0 Å². The molecule has 0 aliphatic carbocycles. The Hall–Kier alpha value is -4.71. The highest BCUT2D eigenvalue weighted by Gasteiger charge is 2.14. The summed E-state index contributed by atoms with van der Waals surface area (Å²) in [6.07, 6.45) is 6.74. The number of carbonyl (C=O) groups excluding carboxylic acids is 1. The highest BCUT2D eigenvalue weighted by atomic mass is 16.1. The van der Waals surface area contributed by atoms with Gasteiger partial charge in [-0.3, -0.25) is 13.9 Å². The van der Waals surface area contributed by atoms with Gasteiger partial charge >= 0.3 is 0 Å². The minimum absolute atomic E-state index is 0.207. The molecule has 0 saturated carbocycles.